The highest BCUT2D eigenvalue weighted by Gasteiger charge is 1.95. The first kappa shape index (κ1) is 15.7. The molecule has 1 rings (SSSR count). The molecule has 2 N–H and O–H groups in total. The molecule has 2 nitrogen and oxygen atoms in total. The van der Waals surface area contributed by atoms with Gasteiger partial charge in [-0.2, -0.15) is 0 Å². The lowest BCUT2D eigenvalue weighted by molar-refractivity contribution is -0.118. The number of nitrogens with two attached hydrogens (primary N) is 1. The average Bonchev–Trinajstić information content (AvgIpc) is 2.37. The zero-order valence-corrected chi connectivity index (χ0v) is 11.1. The number of amides is 1. The summed E-state index contributed by atoms with van der Waals surface area (Å²) in [5.41, 5.74) is 6.46. The van der Waals surface area contributed by atoms with E-state index in [1.807, 2.05) is 19.9 Å². The van der Waals surface area contributed by atoms with E-state index < -0.39 is 0 Å². The van der Waals surface area contributed by atoms with Crippen LogP contribution in [0.25, 0.3) is 0 Å². The van der Waals surface area contributed by atoms with E-state index in [0.29, 0.717) is 6.42 Å². The zero-order valence-electron chi connectivity index (χ0n) is 11.1. The first-order chi connectivity index (χ1) is 8.29. The molecule has 0 saturated heterocycles. The maximum Gasteiger partial charge on any atom is 0.217 e. The summed E-state index contributed by atoms with van der Waals surface area (Å²) in [6.07, 6.45) is 6.09. The van der Waals surface area contributed by atoms with E-state index >= 15 is 0 Å². The van der Waals surface area contributed by atoms with E-state index in [-0.39, 0.29) is 5.91 Å². The number of hydrogen-bond acceptors (Lipinski definition) is 1. The van der Waals surface area contributed by atoms with Crippen LogP contribution >= 0.6 is 0 Å². The molecule has 0 radical (unpaired) electrons. The van der Waals surface area contributed by atoms with Gasteiger partial charge in [0.2, 0.25) is 5.91 Å². The molecule has 0 saturated carbocycles. The summed E-state index contributed by atoms with van der Waals surface area (Å²) in [7, 11) is 0. The normalized spacial score (nSPS) is 9.29. The Bertz CT molecular complexity index is 282. The monoisotopic (exact) mass is 235 g/mol. The molecular formula is C15H25NO. The van der Waals surface area contributed by atoms with Crippen molar-refractivity contribution in [3.05, 3.63) is 35.9 Å². The summed E-state index contributed by atoms with van der Waals surface area (Å²) in [4.78, 5) is 10.5. The molecule has 17 heavy (non-hydrogen) atoms. The number of benzene rings is 1. The van der Waals surface area contributed by atoms with Crippen LogP contribution in [0.5, 0.6) is 0 Å². The van der Waals surface area contributed by atoms with Gasteiger partial charge in [0, 0.05) is 6.42 Å². The number of carbonyl (C=O) groups is 1. The lowest BCUT2D eigenvalue weighted by atomic mass is 10.1. The second-order valence-corrected chi connectivity index (χ2v) is 3.87. The fourth-order valence-electron chi connectivity index (χ4n) is 1.63. The zero-order chi connectivity index (χ0) is 12.9. The van der Waals surface area contributed by atoms with Gasteiger partial charge in [0.15, 0.2) is 0 Å². The smallest absolute Gasteiger partial charge is 0.217 e. The molecule has 1 amide bonds. The molecule has 0 aliphatic heterocycles. The summed E-state index contributed by atoms with van der Waals surface area (Å²) in [5, 5.41) is 0. The van der Waals surface area contributed by atoms with Crippen LogP contribution in [-0.2, 0) is 11.2 Å². The SMILES string of the molecule is CC.NC(=O)CCCCCCc1ccccc1. The first-order valence-electron chi connectivity index (χ1n) is 6.61. The molecule has 96 valence electrons. The Hall–Kier alpha value is -1.31. The van der Waals surface area contributed by atoms with Crippen molar-refractivity contribution < 1.29 is 4.79 Å². The van der Waals surface area contributed by atoms with Crippen molar-refractivity contribution in [2.75, 3.05) is 0 Å². The number of aryl methyl sites for hydroxylation is 1. The molecule has 0 aliphatic carbocycles. The Morgan fingerprint density at radius 3 is 2.18 bits per heavy atom. The number of carbonyl (C=O) groups excluding carboxylic acids is 1. The van der Waals surface area contributed by atoms with E-state index in [1.54, 1.807) is 0 Å². The van der Waals surface area contributed by atoms with E-state index in [2.05, 4.69) is 24.3 Å². The van der Waals surface area contributed by atoms with E-state index in [0.717, 1.165) is 19.3 Å². The van der Waals surface area contributed by atoms with Gasteiger partial charge in [-0.15, -0.1) is 0 Å². The Morgan fingerprint density at radius 1 is 1.00 bits per heavy atom. The van der Waals surface area contributed by atoms with Gasteiger partial charge < -0.3 is 5.73 Å². The third-order valence-electron chi connectivity index (χ3n) is 2.48. The minimum atomic E-state index is -0.182. The van der Waals surface area contributed by atoms with Crippen LogP contribution in [0, 0.1) is 0 Å². The highest BCUT2D eigenvalue weighted by Crippen LogP contribution is 2.08. The summed E-state index contributed by atoms with van der Waals surface area (Å²) in [6.45, 7) is 4.00. The van der Waals surface area contributed by atoms with Gasteiger partial charge in [-0.3, -0.25) is 4.79 Å². The van der Waals surface area contributed by atoms with Crippen molar-refractivity contribution in [2.24, 2.45) is 5.73 Å². The van der Waals surface area contributed by atoms with Crippen molar-refractivity contribution in [3.8, 4) is 0 Å². The van der Waals surface area contributed by atoms with Crippen LogP contribution in [0.1, 0.15) is 51.5 Å². The molecule has 0 aliphatic rings. The van der Waals surface area contributed by atoms with Crippen molar-refractivity contribution in [1.29, 1.82) is 0 Å². The predicted molar refractivity (Wildman–Crippen MR) is 73.8 cm³/mol. The fourth-order valence-corrected chi connectivity index (χ4v) is 1.63. The Morgan fingerprint density at radius 2 is 1.59 bits per heavy atom. The minimum Gasteiger partial charge on any atom is -0.370 e. The second kappa shape index (κ2) is 11.2. The van der Waals surface area contributed by atoms with Crippen LogP contribution in [0.4, 0.5) is 0 Å². The maximum atomic E-state index is 10.5. The molecule has 0 aromatic heterocycles. The van der Waals surface area contributed by atoms with E-state index in [1.165, 1.54) is 18.4 Å². The summed E-state index contributed by atoms with van der Waals surface area (Å²) < 4.78 is 0. The Kier molecular flexibility index (Phi) is 10.3. The molecule has 0 unspecified atom stereocenters. The van der Waals surface area contributed by atoms with Gasteiger partial charge in [0.25, 0.3) is 0 Å². The average molecular weight is 235 g/mol. The van der Waals surface area contributed by atoms with Crippen molar-refractivity contribution >= 4 is 5.91 Å². The van der Waals surface area contributed by atoms with Gasteiger partial charge in [0.05, 0.1) is 0 Å². The van der Waals surface area contributed by atoms with Gasteiger partial charge in [0.1, 0.15) is 0 Å². The Balaban J connectivity index is 0.00000121. The largest absolute Gasteiger partial charge is 0.370 e. The number of hydrogen-bond donors (Lipinski definition) is 1. The third-order valence-corrected chi connectivity index (χ3v) is 2.48. The fraction of sp³-hybridized carbons (Fsp3) is 0.533. The topological polar surface area (TPSA) is 43.1 Å². The third kappa shape index (κ3) is 9.61. The molecule has 0 bridgehead atoms. The van der Waals surface area contributed by atoms with Crippen LogP contribution in [-0.4, -0.2) is 5.91 Å². The van der Waals surface area contributed by atoms with Crippen LogP contribution in [0.3, 0.4) is 0 Å². The highest BCUT2D eigenvalue weighted by atomic mass is 16.1. The molecule has 0 spiro atoms. The van der Waals surface area contributed by atoms with Crippen molar-refractivity contribution in [2.45, 2.75) is 52.4 Å². The van der Waals surface area contributed by atoms with Crippen LogP contribution < -0.4 is 5.73 Å². The maximum absolute atomic E-state index is 10.5. The molecule has 0 fully saturated rings. The number of rotatable bonds is 7. The lowest BCUT2D eigenvalue weighted by Crippen LogP contribution is -2.09. The molecule has 1 aromatic carbocycles. The minimum absolute atomic E-state index is 0.182. The summed E-state index contributed by atoms with van der Waals surface area (Å²) in [6, 6.07) is 10.5. The van der Waals surface area contributed by atoms with Gasteiger partial charge in [-0.05, 0) is 24.8 Å². The van der Waals surface area contributed by atoms with Crippen LogP contribution in [0.2, 0.25) is 0 Å². The van der Waals surface area contributed by atoms with Crippen molar-refractivity contribution in [3.63, 3.8) is 0 Å². The number of primary amides is 1. The van der Waals surface area contributed by atoms with E-state index in [4.69, 9.17) is 5.73 Å². The lowest BCUT2D eigenvalue weighted by Gasteiger charge is -2.01. The molecule has 0 atom stereocenters. The molecular weight excluding hydrogens is 210 g/mol. The molecule has 1 aromatic rings. The van der Waals surface area contributed by atoms with Gasteiger partial charge in [-0.1, -0.05) is 57.0 Å². The van der Waals surface area contributed by atoms with E-state index in [9.17, 15) is 4.79 Å². The van der Waals surface area contributed by atoms with Gasteiger partial charge in [-0.25, -0.2) is 0 Å². The predicted octanol–water partition coefficient (Wildman–Crippen LogP) is 3.69. The second-order valence-electron chi connectivity index (χ2n) is 3.87. The highest BCUT2D eigenvalue weighted by molar-refractivity contribution is 5.73. The standard InChI is InChI=1S/C13H19NO.C2H6/c14-13(15)11-7-2-1-4-8-12-9-5-3-6-10-12;1-2/h3,5-6,9-10H,1-2,4,7-8,11H2,(H2,14,15);1-2H3. The van der Waals surface area contributed by atoms with Crippen LogP contribution in [0.15, 0.2) is 30.3 Å². The van der Waals surface area contributed by atoms with Gasteiger partial charge >= 0.3 is 0 Å². The molecule has 0 heterocycles. The summed E-state index contributed by atoms with van der Waals surface area (Å²) >= 11 is 0. The summed E-state index contributed by atoms with van der Waals surface area (Å²) in [5.74, 6) is -0.182. The number of unbranched alkanes of at least 4 members (excludes halogenated alkanes) is 3. The van der Waals surface area contributed by atoms with Crippen molar-refractivity contribution in [1.82, 2.24) is 0 Å². The molecule has 2 heteroatoms. The Labute approximate surface area is 105 Å². The quantitative estimate of drug-likeness (QED) is 0.720. The first-order valence-corrected chi connectivity index (χ1v) is 6.61.